The fourth-order valence-corrected chi connectivity index (χ4v) is 1.41. The van der Waals surface area contributed by atoms with Crippen LogP contribution in [0.15, 0.2) is 43.0 Å². The van der Waals surface area contributed by atoms with Crippen molar-refractivity contribution in [1.82, 2.24) is 14.9 Å². The number of hydrogen-bond donors (Lipinski definition) is 2. The highest BCUT2D eigenvalue weighted by molar-refractivity contribution is 5.76. The first-order valence-electron chi connectivity index (χ1n) is 5.24. The molecule has 17 heavy (non-hydrogen) atoms. The Morgan fingerprint density at radius 2 is 2.00 bits per heavy atom. The third-order valence-corrected chi connectivity index (χ3v) is 2.39. The van der Waals surface area contributed by atoms with E-state index < -0.39 is 0 Å². The highest BCUT2D eigenvalue weighted by Gasteiger charge is 2.02. The van der Waals surface area contributed by atoms with Gasteiger partial charge in [0.15, 0.2) is 0 Å². The number of aromatic nitrogens is 2. The average Bonchev–Trinajstić information content (AvgIpc) is 2.90. The monoisotopic (exact) mass is 231 g/mol. The molecule has 1 aromatic heterocycles. The largest absolute Gasteiger partial charge is 0.392 e. The molecule has 0 radical (unpaired) electrons. The van der Waals surface area contributed by atoms with Crippen LogP contribution in [-0.4, -0.2) is 20.7 Å². The van der Waals surface area contributed by atoms with Crippen LogP contribution >= 0.6 is 0 Å². The molecular weight excluding hydrogens is 218 g/mol. The number of hydrogen-bond acceptors (Lipinski definition) is 3. The fourth-order valence-electron chi connectivity index (χ4n) is 1.41. The van der Waals surface area contributed by atoms with Gasteiger partial charge in [-0.2, -0.15) is 0 Å². The van der Waals surface area contributed by atoms with E-state index in [0.717, 1.165) is 11.1 Å². The van der Waals surface area contributed by atoms with Crippen LogP contribution in [0.1, 0.15) is 11.1 Å². The summed E-state index contributed by atoms with van der Waals surface area (Å²) in [7, 11) is 0. The highest BCUT2D eigenvalue weighted by atomic mass is 16.3. The third-order valence-electron chi connectivity index (χ3n) is 2.39. The highest BCUT2D eigenvalue weighted by Crippen LogP contribution is 2.04. The van der Waals surface area contributed by atoms with Crippen LogP contribution in [-0.2, 0) is 13.2 Å². The molecule has 0 bridgehead atoms. The van der Waals surface area contributed by atoms with Crippen molar-refractivity contribution in [3.05, 3.63) is 54.1 Å². The molecule has 0 spiro atoms. The number of imidazole rings is 1. The van der Waals surface area contributed by atoms with Gasteiger partial charge in [0.1, 0.15) is 6.33 Å². The lowest BCUT2D eigenvalue weighted by Crippen LogP contribution is -2.26. The maximum absolute atomic E-state index is 11.6. The zero-order valence-corrected chi connectivity index (χ0v) is 9.21. The smallest absolute Gasteiger partial charge is 0.327 e. The van der Waals surface area contributed by atoms with Crippen LogP contribution in [0.25, 0.3) is 0 Å². The average molecular weight is 231 g/mol. The Balaban J connectivity index is 1.91. The van der Waals surface area contributed by atoms with Crippen LogP contribution in [0.2, 0.25) is 0 Å². The van der Waals surface area contributed by atoms with Gasteiger partial charge in [-0.3, -0.25) is 4.57 Å². The van der Waals surface area contributed by atoms with Crippen LogP contribution < -0.4 is 5.32 Å². The molecule has 0 aliphatic carbocycles. The summed E-state index contributed by atoms with van der Waals surface area (Å²) in [5.41, 5.74) is 1.84. The van der Waals surface area contributed by atoms with E-state index in [1.54, 1.807) is 12.4 Å². The van der Waals surface area contributed by atoms with Gasteiger partial charge in [-0.1, -0.05) is 24.3 Å². The lowest BCUT2D eigenvalue weighted by atomic mass is 10.1. The summed E-state index contributed by atoms with van der Waals surface area (Å²) in [6.07, 6.45) is 4.59. The predicted octanol–water partition coefficient (Wildman–Crippen LogP) is 1.13. The number of aliphatic hydroxyl groups is 1. The zero-order chi connectivity index (χ0) is 12.1. The molecular formula is C12H13N3O2. The van der Waals surface area contributed by atoms with Gasteiger partial charge in [-0.25, -0.2) is 9.78 Å². The first kappa shape index (κ1) is 11.3. The molecule has 0 aliphatic rings. The van der Waals surface area contributed by atoms with Crippen molar-refractivity contribution in [3.8, 4) is 0 Å². The number of carbonyl (C=O) groups is 1. The summed E-state index contributed by atoms with van der Waals surface area (Å²) in [6, 6.07) is 7.20. The van der Waals surface area contributed by atoms with Gasteiger partial charge >= 0.3 is 6.03 Å². The van der Waals surface area contributed by atoms with Crippen LogP contribution in [0, 0.1) is 0 Å². The number of rotatable bonds is 3. The summed E-state index contributed by atoms with van der Waals surface area (Å²) >= 11 is 0. The summed E-state index contributed by atoms with van der Waals surface area (Å²) in [5, 5.41) is 11.7. The standard InChI is InChI=1S/C12H13N3O2/c16-8-11-3-1-10(2-4-11)7-14-12(17)15-6-5-13-9-15/h1-6,9,16H,7-8H2,(H,14,17). The molecule has 1 aromatic carbocycles. The van der Waals surface area contributed by atoms with Crippen LogP contribution in [0.3, 0.4) is 0 Å². The van der Waals surface area contributed by atoms with E-state index in [1.807, 2.05) is 24.3 Å². The van der Waals surface area contributed by atoms with Gasteiger partial charge < -0.3 is 10.4 Å². The maximum atomic E-state index is 11.6. The van der Waals surface area contributed by atoms with Crippen molar-refractivity contribution in [2.24, 2.45) is 0 Å². The molecule has 1 amide bonds. The first-order chi connectivity index (χ1) is 8.29. The number of amides is 1. The second-order valence-electron chi connectivity index (χ2n) is 3.60. The number of nitrogens with zero attached hydrogens (tertiary/aromatic N) is 2. The fraction of sp³-hybridized carbons (Fsp3) is 0.167. The van der Waals surface area contributed by atoms with Crippen molar-refractivity contribution in [3.63, 3.8) is 0 Å². The zero-order valence-electron chi connectivity index (χ0n) is 9.21. The van der Waals surface area contributed by atoms with E-state index in [4.69, 9.17) is 5.11 Å². The minimum atomic E-state index is -0.214. The van der Waals surface area contributed by atoms with E-state index in [0.29, 0.717) is 6.54 Å². The molecule has 0 saturated carbocycles. The molecule has 0 fully saturated rings. The van der Waals surface area contributed by atoms with Gasteiger partial charge in [0.05, 0.1) is 6.61 Å². The predicted molar refractivity (Wildman–Crippen MR) is 62.2 cm³/mol. The Morgan fingerprint density at radius 1 is 1.29 bits per heavy atom. The van der Waals surface area contributed by atoms with E-state index in [9.17, 15) is 4.79 Å². The van der Waals surface area contributed by atoms with Gasteiger partial charge in [0, 0.05) is 18.9 Å². The molecule has 0 aliphatic heterocycles. The summed E-state index contributed by atoms with van der Waals surface area (Å²) in [4.78, 5) is 15.4. The molecule has 2 rings (SSSR count). The minimum Gasteiger partial charge on any atom is -0.392 e. The first-order valence-corrected chi connectivity index (χ1v) is 5.24. The number of nitrogens with one attached hydrogen (secondary N) is 1. The molecule has 88 valence electrons. The second-order valence-corrected chi connectivity index (χ2v) is 3.60. The van der Waals surface area contributed by atoms with Crippen molar-refractivity contribution in [1.29, 1.82) is 0 Å². The Bertz CT molecular complexity index is 477. The molecule has 2 aromatic rings. The normalized spacial score (nSPS) is 10.2. The topological polar surface area (TPSA) is 67.2 Å². The summed E-state index contributed by atoms with van der Waals surface area (Å²) in [5.74, 6) is 0. The van der Waals surface area contributed by atoms with E-state index in [1.165, 1.54) is 10.9 Å². The molecule has 1 heterocycles. The lowest BCUT2D eigenvalue weighted by molar-refractivity contribution is 0.242. The number of benzene rings is 1. The maximum Gasteiger partial charge on any atom is 0.327 e. The van der Waals surface area contributed by atoms with E-state index >= 15 is 0 Å². The van der Waals surface area contributed by atoms with Gasteiger partial charge in [-0.15, -0.1) is 0 Å². The van der Waals surface area contributed by atoms with Crippen LogP contribution in [0.4, 0.5) is 4.79 Å². The SMILES string of the molecule is O=C(NCc1ccc(CO)cc1)n1ccnc1. The molecule has 5 nitrogen and oxygen atoms in total. The Hall–Kier alpha value is -2.14. The molecule has 0 saturated heterocycles. The molecule has 5 heteroatoms. The second kappa shape index (κ2) is 5.27. The summed E-state index contributed by atoms with van der Waals surface area (Å²) in [6.45, 7) is 0.477. The Kier molecular flexibility index (Phi) is 3.52. The van der Waals surface area contributed by atoms with Crippen molar-refractivity contribution >= 4 is 6.03 Å². The van der Waals surface area contributed by atoms with Crippen LogP contribution in [0.5, 0.6) is 0 Å². The van der Waals surface area contributed by atoms with Crippen molar-refractivity contribution in [2.75, 3.05) is 0 Å². The summed E-state index contributed by atoms with van der Waals surface area (Å²) < 4.78 is 1.38. The number of carbonyl (C=O) groups excluding carboxylic acids is 1. The molecule has 0 atom stereocenters. The minimum absolute atomic E-state index is 0.0294. The van der Waals surface area contributed by atoms with E-state index in [2.05, 4.69) is 10.3 Å². The quantitative estimate of drug-likeness (QED) is 0.832. The Labute approximate surface area is 98.7 Å². The van der Waals surface area contributed by atoms with Gasteiger partial charge in [0.2, 0.25) is 0 Å². The van der Waals surface area contributed by atoms with Gasteiger partial charge in [0.25, 0.3) is 0 Å². The lowest BCUT2D eigenvalue weighted by Gasteiger charge is -2.05. The number of aliphatic hydroxyl groups excluding tert-OH is 1. The molecule has 0 unspecified atom stereocenters. The van der Waals surface area contributed by atoms with Crippen molar-refractivity contribution < 1.29 is 9.90 Å². The third kappa shape index (κ3) is 2.92. The van der Waals surface area contributed by atoms with Gasteiger partial charge in [-0.05, 0) is 11.1 Å². The van der Waals surface area contributed by atoms with Crippen molar-refractivity contribution in [2.45, 2.75) is 13.2 Å². The Morgan fingerprint density at radius 3 is 2.59 bits per heavy atom. The molecule has 2 N–H and O–H groups in total. The van der Waals surface area contributed by atoms with E-state index in [-0.39, 0.29) is 12.6 Å².